The molecule has 2 aromatic rings. The van der Waals surface area contributed by atoms with Gasteiger partial charge in [-0.15, -0.1) is 0 Å². The zero-order valence-corrected chi connectivity index (χ0v) is 17.1. The molecule has 1 heterocycles. The maximum absolute atomic E-state index is 12.3. The van der Waals surface area contributed by atoms with Gasteiger partial charge in [-0.3, -0.25) is 19.4 Å². The lowest BCUT2D eigenvalue weighted by molar-refractivity contribution is -0.140. The number of H-pyrrole nitrogens is 1. The molecule has 2 rings (SSSR count). The summed E-state index contributed by atoms with van der Waals surface area (Å²) in [5.41, 5.74) is 11.7. The highest BCUT2D eigenvalue weighted by atomic mass is 16.4. The first-order valence-electron chi connectivity index (χ1n) is 9.76. The molecule has 32 heavy (non-hydrogen) atoms. The van der Waals surface area contributed by atoms with Crippen LogP contribution in [0.5, 0.6) is 0 Å². The molecule has 9 N–H and O–H groups in total. The Morgan fingerprint density at radius 1 is 1.09 bits per heavy atom. The van der Waals surface area contributed by atoms with Gasteiger partial charge < -0.3 is 32.1 Å². The van der Waals surface area contributed by atoms with E-state index in [1.807, 2.05) is 0 Å². The van der Waals surface area contributed by atoms with Crippen LogP contribution in [0.2, 0.25) is 0 Å². The Hall–Kier alpha value is -3.93. The molecule has 0 aliphatic heterocycles. The number of benzene rings is 1. The van der Waals surface area contributed by atoms with Crippen molar-refractivity contribution in [1.29, 1.82) is 0 Å². The second-order valence-electron chi connectivity index (χ2n) is 7.14. The topological polar surface area (TPSA) is 222 Å². The number of nitrogen functional groups attached to an aromatic ring is 2. The van der Waals surface area contributed by atoms with Crippen LogP contribution in [0.15, 0.2) is 29.1 Å². The number of aliphatic hydroxyl groups excluding tert-OH is 1. The summed E-state index contributed by atoms with van der Waals surface area (Å²) in [6, 6.07) is 4.58. The second-order valence-corrected chi connectivity index (χ2v) is 7.14. The van der Waals surface area contributed by atoms with Crippen LogP contribution in [-0.2, 0) is 16.0 Å². The van der Waals surface area contributed by atoms with Crippen molar-refractivity contribution < 1.29 is 29.7 Å². The van der Waals surface area contributed by atoms with Gasteiger partial charge in [-0.25, -0.2) is 4.79 Å². The van der Waals surface area contributed by atoms with Crippen molar-refractivity contribution in [3.63, 3.8) is 0 Å². The number of aliphatic carboxylic acids is 2. The number of aliphatic hydroxyl groups is 1. The van der Waals surface area contributed by atoms with E-state index in [9.17, 15) is 24.3 Å². The van der Waals surface area contributed by atoms with Crippen LogP contribution in [0.3, 0.4) is 0 Å². The smallest absolute Gasteiger partial charge is 0.326 e. The van der Waals surface area contributed by atoms with E-state index in [2.05, 4.69) is 15.3 Å². The zero-order chi connectivity index (χ0) is 23.8. The molecule has 0 saturated heterocycles. The standard InChI is InChI=1S/C20H25N5O7/c21-16-12(18(30)25-20(22)24-16)2-1-3-14(26)10-4-6-11(7-5-10)17(29)23-13(19(31)32)8-9-15(27)28/h4-7,13-14,26H,1-3,8-9H2,(H,23,29)(H,27,28)(H,31,32)(H5,21,22,24,25,30)/t13-,14-/m0/s1. The molecule has 0 radical (unpaired) electrons. The quantitative estimate of drug-likeness (QED) is 0.245. The second kappa shape index (κ2) is 10.9. The van der Waals surface area contributed by atoms with Gasteiger partial charge in [0.25, 0.3) is 11.5 Å². The molecule has 12 heteroatoms. The van der Waals surface area contributed by atoms with Gasteiger partial charge in [0, 0.05) is 12.0 Å². The van der Waals surface area contributed by atoms with E-state index in [4.69, 9.17) is 21.7 Å². The lowest BCUT2D eigenvalue weighted by Gasteiger charge is -2.15. The Bertz CT molecular complexity index is 1040. The predicted octanol–water partition coefficient (Wildman–Crippen LogP) is 0.0384. The summed E-state index contributed by atoms with van der Waals surface area (Å²) < 4.78 is 0. The Balaban J connectivity index is 1.93. The van der Waals surface area contributed by atoms with Gasteiger partial charge in [-0.2, -0.15) is 4.98 Å². The third-order valence-electron chi connectivity index (χ3n) is 4.78. The summed E-state index contributed by atoms with van der Waals surface area (Å²) in [4.78, 5) is 52.1. The summed E-state index contributed by atoms with van der Waals surface area (Å²) in [5.74, 6) is -3.20. The van der Waals surface area contributed by atoms with Gasteiger partial charge in [0.15, 0.2) is 0 Å². The lowest BCUT2D eigenvalue weighted by Crippen LogP contribution is -2.41. The van der Waals surface area contributed by atoms with Gasteiger partial charge in [0.05, 0.1) is 11.7 Å². The number of hydrogen-bond acceptors (Lipinski definition) is 8. The van der Waals surface area contributed by atoms with Crippen molar-refractivity contribution in [2.75, 3.05) is 11.5 Å². The zero-order valence-electron chi connectivity index (χ0n) is 17.1. The Morgan fingerprint density at radius 2 is 1.75 bits per heavy atom. The van der Waals surface area contributed by atoms with Crippen molar-refractivity contribution in [3.05, 3.63) is 51.3 Å². The molecule has 1 amide bonds. The normalized spacial score (nSPS) is 12.7. The molecule has 0 fully saturated rings. The molecule has 0 aliphatic carbocycles. The van der Waals surface area contributed by atoms with Gasteiger partial charge >= 0.3 is 11.9 Å². The van der Waals surface area contributed by atoms with E-state index in [0.29, 0.717) is 24.8 Å². The predicted molar refractivity (Wildman–Crippen MR) is 114 cm³/mol. The van der Waals surface area contributed by atoms with E-state index < -0.39 is 42.0 Å². The monoisotopic (exact) mass is 447 g/mol. The largest absolute Gasteiger partial charge is 0.481 e. The fraction of sp³-hybridized carbons (Fsp3) is 0.350. The Labute approximate surface area is 182 Å². The van der Waals surface area contributed by atoms with Gasteiger partial charge in [0.2, 0.25) is 5.95 Å². The molecule has 0 saturated carbocycles. The molecule has 1 aromatic heterocycles. The number of carboxylic acids is 2. The summed E-state index contributed by atoms with van der Waals surface area (Å²) in [6.07, 6.45) is -0.469. The number of nitrogens with one attached hydrogen (secondary N) is 2. The molecule has 12 nitrogen and oxygen atoms in total. The van der Waals surface area contributed by atoms with Crippen LogP contribution >= 0.6 is 0 Å². The highest BCUT2D eigenvalue weighted by molar-refractivity contribution is 5.96. The van der Waals surface area contributed by atoms with E-state index in [0.717, 1.165) is 0 Å². The van der Waals surface area contributed by atoms with Crippen LogP contribution in [0.1, 0.15) is 53.3 Å². The molecule has 1 aromatic carbocycles. The van der Waals surface area contributed by atoms with Crippen molar-refractivity contribution in [1.82, 2.24) is 15.3 Å². The molecule has 0 spiro atoms. The number of nitrogens with two attached hydrogens (primary N) is 2. The first kappa shape index (κ1) is 24.3. The van der Waals surface area contributed by atoms with Crippen LogP contribution in [0, 0.1) is 0 Å². The minimum atomic E-state index is -1.33. The van der Waals surface area contributed by atoms with Crippen molar-refractivity contribution >= 4 is 29.6 Å². The van der Waals surface area contributed by atoms with Crippen LogP contribution in [0.25, 0.3) is 0 Å². The highest BCUT2D eigenvalue weighted by Gasteiger charge is 2.22. The van der Waals surface area contributed by atoms with Crippen molar-refractivity contribution in [2.45, 2.75) is 44.2 Å². The van der Waals surface area contributed by atoms with Crippen molar-refractivity contribution in [3.8, 4) is 0 Å². The number of aromatic nitrogens is 2. The molecule has 0 aliphatic rings. The maximum Gasteiger partial charge on any atom is 0.326 e. The Kier molecular flexibility index (Phi) is 8.30. The number of hydrogen-bond donors (Lipinski definition) is 7. The highest BCUT2D eigenvalue weighted by Crippen LogP contribution is 2.20. The van der Waals surface area contributed by atoms with Gasteiger partial charge in [0.1, 0.15) is 11.9 Å². The number of carbonyl (C=O) groups excluding carboxylic acids is 1. The van der Waals surface area contributed by atoms with Gasteiger partial charge in [-0.05, 0) is 43.4 Å². The van der Waals surface area contributed by atoms with E-state index in [1.165, 1.54) is 24.3 Å². The van der Waals surface area contributed by atoms with Crippen LogP contribution in [0.4, 0.5) is 11.8 Å². The van der Waals surface area contributed by atoms with E-state index in [-0.39, 0.29) is 29.3 Å². The number of anilines is 2. The number of carbonyl (C=O) groups is 3. The number of carboxylic acid groups (broad SMARTS) is 2. The van der Waals surface area contributed by atoms with Crippen molar-refractivity contribution in [2.24, 2.45) is 0 Å². The molecular formula is C20H25N5O7. The summed E-state index contributed by atoms with van der Waals surface area (Å²) in [7, 11) is 0. The molecule has 172 valence electrons. The Morgan fingerprint density at radius 3 is 2.31 bits per heavy atom. The van der Waals surface area contributed by atoms with Crippen LogP contribution < -0.4 is 22.3 Å². The first-order valence-corrected chi connectivity index (χ1v) is 9.76. The minimum Gasteiger partial charge on any atom is -0.481 e. The maximum atomic E-state index is 12.3. The molecule has 0 bridgehead atoms. The molecular weight excluding hydrogens is 422 g/mol. The third kappa shape index (κ3) is 6.80. The third-order valence-corrected chi connectivity index (χ3v) is 4.78. The number of amides is 1. The van der Waals surface area contributed by atoms with Crippen LogP contribution in [-0.4, -0.2) is 49.2 Å². The fourth-order valence-electron chi connectivity index (χ4n) is 3.04. The average Bonchev–Trinajstić information content (AvgIpc) is 2.72. The van der Waals surface area contributed by atoms with Gasteiger partial charge in [-0.1, -0.05) is 12.1 Å². The first-order chi connectivity index (χ1) is 15.1. The average molecular weight is 447 g/mol. The number of rotatable bonds is 11. The fourth-order valence-corrected chi connectivity index (χ4v) is 3.04. The number of nitrogens with zero attached hydrogens (tertiary/aromatic N) is 1. The summed E-state index contributed by atoms with van der Waals surface area (Å²) in [5, 5.41) is 30.5. The molecule has 2 atom stereocenters. The van der Waals surface area contributed by atoms with E-state index in [1.54, 1.807) is 0 Å². The summed E-state index contributed by atoms with van der Waals surface area (Å²) in [6.45, 7) is 0. The summed E-state index contributed by atoms with van der Waals surface area (Å²) >= 11 is 0. The van der Waals surface area contributed by atoms with E-state index >= 15 is 0 Å². The SMILES string of the molecule is Nc1nc(N)c(CCC[C@H](O)c2ccc(C(=O)N[C@@H](CCC(=O)O)C(=O)O)cc2)c(=O)[nH]1. The molecule has 0 unspecified atom stereocenters. The number of aromatic amines is 1. The lowest BCUT2D eigenvalue weighted by atomic mass is 10.0. The minimum absolute atomic E-state index is 0.0409.